The molecule has 0 amide bonds. The van der Waals surface area contributed by atoms with Crippen LogP contribution in [0.3, 0.4) is 0 Å². The molecule has 1 aromatic heterocycles. The van der Waals surface area contributed by atoms with Crippen LogP contribution in [0.15, 0.2) is 30.6 Å². The van der Waals surface area contributed by atoms with Gasteiger partial charge < -0.3 is 14.0 Å². The predicted octanol–water partition coefficient (Wildman–Crippen LogP) is 2.38. The number of ether oxygens (including phenoxy) is 1. The van der Waals surface area contributed by atoms with Crippen LogP contribution in [0.5, 0.6) is 5.75 Å². The third-order valence-electron chi connectivity index (χ3n) is 4.79. The number of rotatable bonds is 4. The van der Waals surface area contributed by atoms with Crippen LogP contribution in [-0.4, -0.2) is 35.2 Å². The summed E-state index contributed by atoms with van der Waals surface area (Å²) in [6.45, 7) is 8.28. The molecule has 2 heterocycles. The van der Waals surface area contributed by atoms with Gasteiger partial charge in [-0.3, -0.25) is 4.68 Å². The monoisotopic (exact) mass is 332 g/mol. The van der Waals surface area contributed by atoms with E-state index < -0.39 is 18.3 Å². The molecule has 128 valence electrons. The topological polar surface area (TPSA) is 45.5 Å². The Morgan fingerprint density at radius 3 is 2.50 bits per heavy atom. The quantitative estimate of drug-likeness (QED) is 0.807. The summed E-state index contributed by atoms with van der Waals surface area (Å²) in [6, 6.07) is 4.77. The first kappa shape index (κ1) is 17.0. The second-order valence-corrected chi connectivity index (χ2v) is 6.98. The largest absolute Gasteiger partial charge is 0.498 e. The van der Waals surface area contributed by atoms with E-state index in [4.69, 9.17) is 14.0 Å². The maximum Gasteiger partial charge on any atom is 0.498 e. The zero-order valence-electron chi connectivity index (χ0n) is 14.7. The van der Waals surface area contributed by atoms with Gasteiger partial charge in [0.25, 0.3) is 0 Å². The van der Waals surface area contributed by atoms with Crippen molar-refractivity contribution in [2.45, 2.75) is 45.4 Å². The Labute approximate surface area is 141 Å². The van der Waals surface area contributed by atoms with Gasteiger partial charge in [0, 0.05) is 17.9 Å². The highest BCUT2D eigenvalue weighted by molar-refractivity contribution is 6.61. The number of hydrogen-bond acceptors (Lipinski definition) is 4. The Hall–Kier alpha value is -1.86. The first-order chi connectivity index (χ1) is 11.2. The number of benzene rings is 1. The Kier molecular flexibility index (Phi) is 4.17. The van der Waals surface area contributed by atoms with Crippen molar-refractivity contribution < 1.29 is 18.4 Å². The summed E-state index contributed by atoms with van der Waals surface area (Å²) in [6.07, 6.45) is 3.50. The molecule has 0 radical (unpaired) electrons. The standard InChI is InChI=1S/C17H22BFN2O3/c1-16(2)17(3,4)24-18(23-16)12-9-20-21(10-12)11-13-14(19)7-6-8-15(13)22-5/h6-10H,11H2,1-5H3. The molecule has 1 aromatic carbocycles. The summed E-state index contributed by atoms with van der Waals surface area (Å²) in [4.78, 5) is 0. The van der Waals surface area contributed by atoms with Crippen molar-refractivity contribution >= 4 is 12.6 Å². The molecule has 0 saturated carbocycles. The van der Waals surface area contributed by atoms with Crippen LogP contribution in [0.4, 0.5) is 4.39 Å². The van der Waals surface area contributed by atoms with Crippen molar-refractivity contribution in [3.8, 4) is 5.75 Å². The van der Waals surface area contributed by atoms with Crippen molar-refractivity contribution in [3.05, 3.63) is 42.0 Å². The highest BCUT2D eigenvalue weighted by Crippen LogP contribution is 2.36. The van der Waals surface area contributed by atoms with E-state index in [9.17, 15) is 4.39 Å². The Morgan fingerprint density at radius 2 is 1.88 bits per heavy atom. The minimum absolute atomic E-state index is 0.273. The van der Waals surface area contributed by atoms with Gasteiger partial charge in [-0.15, -0.1) is 0 Å². The van der Waals surface area contributed by atoms with E-state index >= 15 is 0 Å². The van der Waals surface area contributed by atoms with E-state index in [0.717, 1.165) is 5.46 Å². The zero-order chi connectivity index (χ0) is 17.5. The van der Waals surface area contributed by atoms with E-state index in [2.05, 4.69) is 5.10 Å². The Balaban J connectivity index is 1.81. The average molecular weight is 332 g/mol. The fourth-order valence-electron chi connectivity index (χ4n) is 2.61. The summed E-state index contributed by atoms with van der Waals surface area (Å²) < 4.78 is 33.0. The number of nitrogens with zero attached hydrogens (tertiary/aromatic N) is 2. The first-order valence-electron chi connectivity index (χ1n) is 7.93. The minimum Gasteiger partial charge on any atom is -0.496 e. The van der Waals surface area contributed by atoms with Crippen LogP contribution < -0.4 is 10.2 Å². The number of aromatic nitrogens is 2. The van der Waals surface area contributed by atoms with Crippen molar-refractivity contribution in [2.75, 3.05) is 7.11 Å². The number of methoxy groups -OCH3 is 1. The molecule has 0 bridgehead atoms. The van der Waals surface area contributed by atoms with Gasteiger partial charge >= 0.3 is 7.12 Å². The lowest BCUT2D eigenvalue weighted by Gasteiger charge is -2.32. The van der Waals surface area contributed by atoms with E-state index in [1.807, 2.05) is 33.9 Å². The molecule has 7 heteroatoms. The van der Waals surface area contributed by atoms with Gasteiger partial charge in [0.1, 0.15) is 11.6 Å². The second-order valence-electron chi connectivity index (χ2n) is 6.98. The highest BCUT2D eigenvalue weighted by atomic mass is 19.1. The lowest BCUT2D eigenvalue weighted by molar-refractivity contribution is 0.00578. The fraction of sp³-hybridized carbons (Fsp3) is 0.471. The van der Waals surface area contributed by atoms with Gasteiger partial charge in [-0.05, 0) is 39.8 Å². The zero-order valence-corrected chi connectivity index (χ0v) is 14.7. The van der Waals surface area contributed by atoms with Crippen LogP contribution in [0.25, 0.3) is 0 Å². The van der Waals surface area contributed by atoms with Crippen molar-refractivity contribution in [2.24, 2.45) is 0 Å². The Bertz CT molecular complexity index is 729. The summed E-state index contributed by atoms with van der Waals surface area (Å²) in [7, 11) is 1.04. The summed E-state index contributed by atoms with van der Waals surface area (Å²) in [5.41, 5.74) is 0.454. The van der Waals surface area contributed by atoms with Gasteiger partial charge in [0.15, 0.2) is 0 Å². The second kappa shape index (κ2) is 5.90. The molecule has 0 atom stereocenters. The Morgan fingerprint density at radius 1 is 1.21 bits per heavy atom. The number of halogens is 1. The molecule has 2 aromatic rings. The maximum absolute atomic E-state index is 14.1. The van der Waals surface area contributed by atoms with Crippen LogP contribution in [0.2, 0.25) is 0 Å². The third-order valence-corrected chi connectivity index (χ3v) is 4.79. The van der Waals surface area contributed by atoms with Crippen LogP contribution >= 0.6 is 0 Å². The fourth-order valence-corrected chi connectivity index (χ4v) is 2.61. The van der Waals surface area contributed by atoms with Gasteiger partial charge in [0.2, 0.25) is 0 Å². The van der Waals surface area contributed by atoms with E-state index in [1.165, 1.54) is 13.2 Å². The molecule has 1 aliphatic heterocycles. The highest BCUT2D eigenvalue weighted by Gasteiger charge is 2.52. The minimum atomic E-state index is -0.480. The first-order valence-corrected chi connectivity index (χ1v) is 7.93. The van der Waals surface area contributed by atoms with Gasteiger partial charge in [-0.25, -0.2) is 4.39 Å². The normalized spacial score (nSPS) is 18.8. The lowest BCUT2D eigenvalue weighted by atomic mass is 9.82. The van der Waals surface area contributed by atoms with Gasteiger partial charge in [0.05, 0.1) is 30.4 Å². The summed E-state index contributed by atoms with van der Waals surface area (Å²) in [5, 5.41) is 4.30. The number of hydrogen-bond donors (Lipinski definition) is 0. The van der Waals surface area contributed by atoms with Crippen LogP contribution in [-0.2, 0) is 15.9 Å². The average Bonchev–Trinajstić information content (AvgIpc) is 3.04. The molecule has 24 heavy (non-hydrogen) atoms. The SMILES string of the molecule is COc1cccc(F)c1Cn1cc(B2OC(C)(C)C(C)(C)O2)cn1. The molecule has 1 saturated heterocycles. The maximum atomic E-state index is 14.1. The van der Waals surface area contributed by atoms with Gasteiger partial charge in [-0.2, -0.15) is 5.10 Å². The molecular formula is C17H22BFN2O3. The molecule has 1 aliphatic rings. The van der Waals surface area contributed by atoms with Crippen LogP contribution in [0, 0.1) is 5.82 Å². The summed E-state index contributed by atoms with van der Waals surface area (Å²) in [5.74, 6) is 0.185. The molecule has 0 unspecified atom stereocenters. The summed E-state index contributed by atoms with van der Waals surface area (Å²) >= 11 is 0. The van der Waals surface area contributed by atoms with Gasteiger partial charge in [-0.1, -0.05) is 6.07 Å². The van der Waals surface area contributed by atoms with Crippen molar-refractivity contribution in [1.82, 2.24) is 9.78 Å². The van der Waals surface area contributed by atoms with E-state index in [-0.39, 0.29) is 12.4 Å². The molecule has 5 nitrogen and oxygen atoms in total. The molecular weight excluding hydrogens is 310 g/mol. The van der Waals surface area contributed by atoms with E-state index in [0.29, 0.717) is 11.3 Å². The molecule has 1 fully saturated rings. The smallest absolute Gasteiger partial charge is 0.496 e. The lowest BCUT2D eigenvalue weighted by Crippen LogP contribution is -2.41. The predicted molar refractivity (Wildman–Crippen MR) is 90.0 cm³/mol. The molecule has 3 rings (SSSR count). The molecule has 0 spiro atoms. The van der Waals surface area contributed by atoms with Crippen LogP contribution in [0.1, 0.15) is 33.3 Å². The van der Waals surface area contributed by atoms with E-state index in [1.54, 1.807) is 23.0 Å². The van der Waals surface area contributed by atoms with Crippen molar-refractivity contribution in [3.63, 3.8) is 0 Å². The third kappa shape index (κ3) is 2.94. The van der Waals surface area contributed by atoms with Crippen molar-refractivity contribution in [1.29, 1.82) is 0 Å². The molecule has 0 aliphatic carbocycles. The molecule has 0 N–H and O–H groups in total.